The zero-order chi connectivity index (χ0) is 15.5. The lowest BCUT2D eigenvalue weighted by molar-refractivity contribution is -0.130. The SMILES string of the molecule is CN(CCn1ccnc1)C(=O)CC1NC(=O)c2ccccc21. The minimum Gasteiger partial charge on any atom is -0.345 e. The van der Waals surface area contributed by atoms with Gasteiger partial charge in [0.2, 0.25) is 5.91 Å². The van der Waals surface area contributed by atoms with Crippen LogP contribution in [0.2, 0.25) is 0 Å². The van der Waals surface area contributed by atoms with Gasteiger partial charge in [0.05, 0.1) is 18.8 Å². The monoisotopic (exact) mass is 298 g/mol. The van der Waals surface area contributed by atoms with E-state index in [1.54, 1.807) is 30.5 Å². The molecule has 1 aromatic heterocycles. The van der Waals surface area contributed by atoms with Crippen LogP contribution in [-0.2, 0) is 11.3 Å². The van der Waals surface area contributed by atoms with E-state index in [9.17, 15) is 9.59 Å². The number of benzene rings is 1. The molecule has 0 saturated heterocycles. The number of carbonyl (C=O) groups is 2. The molecule has 1 N–H and O–H groups in total. The van der Waals surface area contributed by atoms with Crippen LogP contribution in [0.3, 0.4) is 0 Å². The number of rotatable bonds is 5. The van der Waals surface area contributed by atoms with Gasteiger partial charge >= 0.3 is 0 Å². The third kappa shape index (κ3) is 2.86. The lowest BCUT2D eigenvalue weighted by Crippen LogP contribution is -2.33. The first kappa shape index (κ1) is 14.3. The van der Waals surface area contributed by atoms with Crippen molar-refractivity contribution in [1.82, 2.24) is 19.8 Å². The Bertz CT molecular complexity index is 681. The molecule has 3 rings (SSSR count). The summed E-state index contributed by atoms with van der Waals surface area (Å²) in [5.41, 5.74) is 1.57. The molecular formula is C16H18N4O2. The highest BCUT2D eigenvalue weighted by Crippen LogP contribution is 2.27. The summed E-state index contributed by atoms with van der Waals surface area (Å²) in [5, 5.41) is 2.87. The van der Waals surface area contributed by atoms with Gasteiger partial charge in [-0.15, -0.1) is 0 Å². The molecule has 2 aromatic rings. The summed E-state index contributed by atoms with van der Waals surface area (Å²) in [6.07, 6.45) is 5.59. The molecule has 0 saturated carbocycles. The van der Waals surface area contributed by atoms with Crippen LogP contribution in [0.4, 0.5) is 0 Å². The highest BCUT2D eigenvalue weighted by Gasteiger charge is 2.30. The Balaban J connectivity index is 1.59. The van der Waals surface area contributed by atoms with Gasteiger partial charge in [0.25, 0.3) is 5.91 Å². The number of nitrogens with zero attached hydrogens (tertiary/aromatic N) is 3. The number of carbonyl (C=O) groups excluding carboxylic acids is 2. The fraction of sp³-hybridized carbons (Fsp3) is 0.312. The van der Waals surface area contributed by atoms with Gasteiger partial charge in [-0.2, -0.15) is 0 Å². The number of aromatic nitrogens is 2. The van der Waals surface area contributed by atoms with E-state index in [1.807, 2.05) is 29.0 Å². The summed E-state index contributed by atoms with van der Waals surface area (Å²) in [7, 11) is 1.78. The van der Waals surface area contributed by atoms with Crippen LogP contribution >= 0.6 is 0 Å². The molecule has 0 aliphatic carbocycles. The largest absolute Gasteiger partial charge is 0.345 e. The Morgan fingerprint density at radius 2 is 2.23 bits per heavy atom. The Labute approximate surface area is 128 Å². The summed E-state index contributed by atoms with van der Waals surface area (Å²) in [6.45, 7) is 1.31. The van der Waals surface area contributed by atoms with Crippen LogP contribution in [0.15, 0.2) is 43.0 Å². The van der Waals surface area contributed by atoms with Crippen molar-refractivity contribution >= 4 is 11.8 Å². The molecule has 2 amide bonds. The van der Waals surface area contributed by atoms with Crippen molar-refractivity contribution in [1.29, 1.82) is 0 Å². The standard InChI is InChI=1S/C16H18N4O2/c1-19(8-9-20-7-6-17-11-20)15(21)10-14-12-4-2-3-5-13(12)16(22)18-14/h2-7,11,14H,8-10H2,1H3,(H,18,22). The smallest absolute Gasteiger partial charge is 0.252 e. The third-order valence-electron chi connectivity index (χ3n) is 3.94. The van der Waals surface area contributed by atoms with Crippen LogP contribution in [0.5, 0.6) is 0 Å². The second-order valence-corrected chi connectivity index (χ2v) is 5.43. The van der Waals surface area contributed by atoms with Crippen LogP contribution in [0, 0.1) is 0 Å². The topological polar surface area (TPSA) is 67.2 Å². The summed E-state index contributed by atoms with van der Waals surface area (Å²) >= 11 is 0. The lowest BCUT2D eigenvalue weighted by Gasteiger charge is -2.20. The fourth-order valence-electron chi connectivity index (χ4n) is 2.62. The van der Waals surface area contributed by atoms with Gasteiger partial charge in [-0.3, -0.25) is 9.59 Å². The minimum atomic E-state index is -0.230. The quantitative estimate of drug-likeness (QED) is 0.902. The maximum Gasteiger partial charge on any atom is 0.252 e. The van der Waals surface area contributed by atoms with Gasteiger partial charge in [0, 0.05) is 38.1 Å². The number of fused-ring (bicyclic) bond motifs is 1. The third-order valence-corrected chi connectivity index (χ3v) is 3.94. The summed E-state index contributed by atoms with van der Waals surface area (Å²) in [4.78, 5) is 29.8. The molecule has 1 atom stereocenters. The van der Waals surface area contributed by atoms with E-state index < -0.39 is 0 Å². The molecule has 6 nitrogen and oxygen atoms in total. The predicted molar refractivity (Wildman–Crippen MR) is 81.1 cm³/mol. The normalized spacial score (nSPS) is 16.2. The van der Waals surface area contributed by atoms with Gasteiger partial charge in [-0.1, -0.05) is 18.2 Å². The van der Waals surface area contributed by atoms with Gasteiger partial charge in [-0.05, 0) is 11.6 Å². The Hall–Kier alpha value is -2.63. The van der Waals surface area contributed by atoms with Crippen LogP contribution in [-0.4, -0.2) is 39.9 Å². The molecule has 114 valence electrons. The Morgan fingerprint density at radius 1 is 1.41 bits per heavy atom. The summed E-state index contributed by atoms with van der Waals surface area (Å²) in [5.74, 6) is -0.0865. The first-order valence-electron chi connectivity index (χ1n) is 7.24. The maximum absolute atomic E-state index is 12.3. The molecule has 1 unspecified atom stereocenters. The molecule has 6 heteroatoms. The first-order valence-corrected chi connectivity index (χ1v) is 7.24. The molecule has 22 heavy (non-hydrogen) atoms. The van der Waals surface area contributed by atoms with E-state index >= 15 is 0 Å². The molecular weight excluding hydrogens is 280 g/mol. The van der Waals surface area contributed by atoms with E-state index in [0.717, 1.165) is 5.56 Å². The number of amides is 2. The second-order valence-electron chi connectivity index (χ2n) is 5.43. The van der Waals surface area contributed by atoms with Gasteiger partial charge in [-0.25, -0.2) is 4.98 Å². The number of imidazole rings is 1. The average Bonchev–Trinajstić information content (AvgIpc) is 3.14. The van der Waals surface area contributed by atoms with Crippen molar-refractivity contribution in [2.45, 2.75) is 19.0 Å². The molecule has 0 fully saturated rings. The molecule has 0 radical (unpaired) electrons. The predicted octanol–water partition coefficient (Wildman–Crippen LogP) is 1.22. The number of hydrogen-bond donors (Lipinski definition) is 1. The Morgan fingerprint density at radius 3 is 3.00 bits per heavy atom. The van der Waals surface area contributed by atoms with E-state index in [1.165, 1.54) is 0 Å². The zero-order valence-electron chi connectivity index (χ0n) is 12.4. The molecule has 0 spiro atoms. The van der Waals surface area contributed by atoms with E-state index in [4.69, 9.17) is 0 Å². The van der Waals surface area contributed by atoms with Gasteiger partial charge in [0.1, 0.15) is 0 Å². The summed E-state index contributed by atoms with van der Waals surface area (Å²) in [6, 6.07) is 7.18. The molecule has 1 aromatic carbocycles. The Kier molecular flexibility index (Phi) is 3.91. The van der Waals surface area contributed by atoms with Crippen molar-refractivity contribution in [2.75, 3.05) is 13.6 Å². The van der Waals surface area contributed by atoms with Crippen molar-refractivity contribution in [3.8, 4) is 0 Å². The van der Waals surface area contributed by atoms with Crippen molar-refractivity contribution in [2.24, 2.45) is 0 Å². The first-order chi connectivity index (χ1) is 10.6. The van der Waals surface area contributed by atoms with Crippen LogP contribution < -0.4 is 5.32 Å². The van der Waals surface area contributed by atoms with Gasteiger partial charge < -0.3 is 14.8 Å². The highest BCUT2D eigenvalue weighted by atomic mass is 16.2. The molecule has 1 aliphatic heterocycles. The van der Waals surface area contributed by atoms with Crippen LogP contribution in [0.25, 0.3) is 0 Å². The van der Waals surface area contributed by atoms with Gasteiger partial charge in [0.15, 0.2) is 0 Å². The van der Waals surface area contributed by atoms with E-state index in [2.05, 4.69) is 10.3 Å². The number of hydrogen-bond acceptors (Lipinski definition) is 3. The average molecular weight is 298 g/mol. The van der Waals surface area contributed by atoms with Crippen molar-refractivity contribution in [3.63, 3.8) is 0 Å². The van der Waals surface area contributed by atoms with Crippen molar-refractivity contribution in [3.05, 3.63) is 54.1 Å². The molecule has 0 bridgehead atoms. The fourth-order valence-corrected chi connectivity index (χ4v) is 2.62. The minimum absolute atomic E-state index is 0.0159. The lowest BCUT2D eigenvalue weighted by atomic mass is 10.0. The molecule has 2 heterocycles. The molecule has 1 aliphatic rings. The van der Waals surface area contributed by atoms with E-state index in [-0.39, 0.29) is 24.3 Å². The van der Waals surface area contributed by atoms with Crippen molar-refractivity contribution < 1.29 is 9.59 Å². The summed E-state index contributed by atoms with van der Waals surface area (Å²) < 4.78 is 1.93. The number of nitrogens with one attached hydrogen (secondary N) is 1. The zero-order valence-corrected chi connectivity index (χ0v) is 12.4. The second kappa shape index (κ2) is 6.01. The highest BCUT2D eigenvalue weighted by molar-refractivity contribution is 5.99. The number of likely N-dealkylation sites (N-methyl/N-ethyl adjacent to an activating group) is 1. The maximum atomic E-state index is 12.3. The van der Waals surface area contributed by atoms with Crippen LogP contribution in [0.1, 0.15) is 28.4 Å². The van der Waals surface area contributed by atoms with E-state index in [0.29, 0.717) is 18.7 Å².